The Morgan fingerprint density at radius 2 is 1.66 bits per heavy atom. The third-order valence-corrected chi connectivity index (χ3v) is 7.23. The Hall–Kier alpha value is -0.960. The van der Waals surface area contributed by atoms with E-state index in [0.717, 1.165) is 38.5 Å². The highest BCUT2D eigenvalue weighted by molar-refractivity contribution is 5.26. The van der Waals surface area contributed by atoms with Gasteiger partial charge in [0.1, 0.15) is 0 Å². The van der Waals surface area contributed by atoms with E-state index in [9.17, 15) is 8.78 Å². The van der Waals surface area contributed by atoms with Crippen molar-refractivity contribution in [3.8, 4) is 0 Å². The minimum absolute atomic E-state index is 0.0252. The van der Waals surface area contributed by atoms with Gasteiger partial charge in [0, 0.05) is 18.9 Å². The molecule has 29 heavy (non-hydrogen) atoms. The average molecular weight is 407 g/mol. The molecule has 0 N–H and O–H groups in total. The molecule has 0 radical (unpaired) electrons. The Balaban J connectivity index is 1.39. The molecular formula is C26H40F2O. The van der Waals surface area contributed by atoms with Crippen molar-refractivity contribution in [1.82, 2.24) is 0 Å². The number of rotatable bonds is 9. The monoisotopic (exact) mass is 406 g/mol. The van der Waals surface area contributed by atoms with Crippen LogP contribution in [0, 0.1) is 11.8 Å². The van der Waals surface area contributed by atoms with Gasteiger partial charge in [-0.1, -0.05) is 51.0 Å². The van der Waals surface area contributed by atoms with Crippen molar-refractivity contribution in [2.24, 2.45) is 11.8 Å². The summed E-state index contributed by atoms with van der Waals surface area (Å²) in [6, 6.07) is 9.21. The van der Waals surface area contributed by atoms with Crippen molar-refractivity contribution < 1.29 is 13.5 Å². The SMILES string of the molecule is CCCCc1ccc(C2CCC(OCC3CCC(CCC)C(F)(F)C3)CC2)cc1. The van der Waals surface area contributed by atoms with Gasteiger partial charge in [0.25, 0.3) is 5.92 Å². The summed E-state index contributed by atoms with van der Waals surface area (Å²) in [7, 11) is 0. The first-order valence-electron chi connectivity index (χ1n) is 12.1. The van der Waals surface area contributed by atoms with E-state index in [1.807, 2.05) is 6.92 Å². The number of aryl methyl sites for hydroxylation is 1. The summed E-state index contributed by atoms with van der Waals surface area (Å²) in [5.41, 5.74) is 2.90. The van der Waals surface area contributed by atoms with Gasteiger partial charge in [-0.15, -0.1) is 0 Å². The molecule has 0 aromatic heterocycles. The lowest BCUT2D eigenvalue weighted by Crippen LogP contribution is -2.37. The van der Waals surface area contributed by atoms with Crippen molar-refractivity contribution in [3.63, 3.8) is 0 Å². The second-order valence-electron chi connectivity index (χ2n) is 9.55. The number of unbranched alkanes of at least 4 members (excludes halogenated alkanes) is 1. The molecule has 2 unspecified atom stereocenters. The van der Waals surface area contributed by atoms with Gasteiger partial charge in [-0.05, 0) is 80.8 Å². The zero-order valence-electron chi connectivity index (χ0n) is 18.5. The first-order valence-corrected chi connectivity index (χ1v) is 12.1. The minimum Gasteiger partial charge on any atom is -0.378 e. The number of ether oxygens (including phenoxy) is 1. The molecule has 2 fully saturated rings. The number of hydrogen-bond donors (Lipinski definition) is 0. The van der Waals surface area contributed by atoms with Crippen LogP contribution in [0.3, 0.4) is 0 Å². The minimum atomic E-state index is -2.50. The van der Waals surface area contributed by atoms with Crippen LogP contribution in [0.5, 0.6) is 0 Å². The van der Waals surface area contributed by atoms with Gasteiger partial charge in [-0.3, -0.25) is 0 Å². The molecule has 2 atom stereocenters. The molecule has 3 heteroatoms. The molecule has 0 amide bonds. The van der Waals surface area contributed by atoms with Gasteiger partial charge in [-0.2, -0.15) is 0 Å². The van der Waals surface area contributed by atoms with Crippen molar-refractivity contribution in [2.75, 3.05) is 6.61 Å². The Morgan fingerprint density at radius 3 is 2.28 bits per heavy atom. The fourth-order valence-corrected chi connectivity index (χ4v) is 5.32. The van der Waals surface area contributed by atoms with Gasteiger partial charge in [-0.25, -0.2) is 8.78 Å². The zero-order chi connectivity index (χ0) is 20.7. The van der Waals surface area contributed by atoms with Crippen molar-refractivity contribution in [3.05, 3.63) is 35.4 Å². The van der Waals surface area contributed by atoms with Crippen LogP contribution in [-0.4, -0.2) is 18.6 Å². The topological polar surface area (TPSA) is 9.23 Å². The van der Waals surface area contributed by atoms with E-state index in [1.165, 1.54) is 30.4 Å². The number of benzene rings is 1. The molecule has 0 aliphatic heterocycles. The highest BCUT2D eigenvalue weighted by atomic mass is 19.3. The maximum absolute atomic E-state index is 14.4. The van der Waals surface area contributed by atoms with Gasteiger partial charge in [0.05, 0.1) is 6.10 Å². The summed E-state index contributed by atoms with van der Waals surface area (Å²) >= 11 is 0. The summed E-state index contributed by atoms with van der Waals surface area (Å²) in [6.07, 6.45) is 11.5. The quantitative estimate of drug-likeness (QED) is 0.404. The first-order chi connectivity index (χ1) is 14.0. The molecule has 2 aliphatic carbocycles. The summed E-state index contributed by atoms with van der Waals surface area (Å²) in [6.45, 7) is 4.76. The third-order valence-electron chi connectivity index (χ3n) is 7.23. The Morgan fingerprint density at radius 1 is 0.931 bits per heavy atom. The lowest BCUT2D eigenvalue weighted by atomic mass is 9.77. The second kappa shape index (κ2) is 10.9. The van der Waals surface area contributed by atoms with E-state index >= 15 is 0 Å². The fourth-order valence-electron chi connectivity index (χ4n) is 5.32. The van der Waals surface area contributed by atoms with Crippen LogP contribution in [0.25, 0.3) is 0 Å². The number of halogens is 2. The Bertz CT molecular complexity index is 589. The lowest BCUT2D eigenvalue weighted by molar-refractivity contribution is -0.119. The highest BCUT2D eigenvalue weighted by Crippen LogP contribution is 2.44. The molecule has 164 valence electrons. The van der Waals surface area contributed by atoms with E-state index in [2.05, 4.69) is 31.2 Å². The Labute approximate surface area is 176 Å². The molecular weight excluding hydrogens is 366 g/mol. The number of hydrogen-bond acceptors (Lipinski definition) is 1. The predicted octanol–water partition coefficient (Wildman–Crippen LogP) is 7.92. The van der Waals surface area contributed by atoms with Crippen LogP contribution in [0.1, 0.15) is 102 Å². The molecule has 3 rings (SSSR count). The van der Waals surface area contributed by atoms with Gasteiger partial charge in [0.15, 0.2) is 0 Å². The molecule has 1 aromatic carbocycles. The Kier molecular flexibility index (Phi) is 8.53. The van der Waals surface area contributed by atoms with Gasteiger partial charge in [0.2, 0.25) is 0 Å². The van der Waals surface area contributed by atoms with Crippen LogP contribution >= 0.6 is 0 Å². The first kappa shape index (κ1) is 22.7. The van der Waals surface area contributed by atoms with E-state index in [0.29, 0.717) is 25.4 Å². The maximum Gasteiger partial charge on any atom is 0.251 e. The van der Waals surface area contributed by atoms with Crippen LogP contribution in [0.15, 0.2) is 24.3 Å². The molecule has 0 saturated heterocycles. The molecule has 1 nitrogen and oxygen atoms in total. The number of alkyl halides is 2. The summed E-state index contributed by atoms with van der Waals surface area (Å²) < 4.78 is 34.8. The lowest BCUT2D eigenvalue weighted by Gasteiger charge is -2.37. The molecule has 0 bridgehead atoms. The summed E-state index contributed by atoms with van der Waals surface area (Å²) in [5.74, 6) is -2.24. The van der Waals surface area contributed by atoms with Crippen LogP contribution in [0.4, 0.5) is 8.78 Å². The molecule has 0 spiro atoms. The van der Waals surface area contributed by atoms with Gasteiger partial charge < -0.3 is 4.74 Å². The highest BCUT2D eigenvalue weighted by Gasteiger charge is 2.44. The largest absolute Gasteiger partial charge is 0.378 e. The van der Waals surface area contributed by atoms with Crippen molar-refractivity contribution in [2.45, 2.75) is 109 Å². The van der Waals surface area contributed by atoms with E-state index < -0.39 is 11.8 Å². The predicted molar refractivity (Wildman–Crippen MR) is 117 cm³/mol. The molecule has 0 heterocycles. The maximum atomic E-state index is 14.4. The normalized spacial score (nSPS) is 29.7. The molecule has 2 saturated carbocycles. The second-order valence-corrected chi connectivity index (χ2v) is 9.55. The van der Waals surface area contributed by atoms with Crippen molar-refractivity contribution in [1.29, 1.82) is 0 Å². The standard InChI is InChI=1S/C26H40F2O/c1-3-5-7-20-8-11-22(12-9-20)23-13-16-25(17-14-23)29-19-21-10-15-24(6-4-2)26(27,28)18-21/h8-9,11-12,21,23-25H,3-7,10,13-19H2,1-2H3. The van der Waals surface area contributed by atoms with E-state index in [1.54, 1.807) is 0 Å². The van der Waals surface area contributed by atoms with E-state index in [-0.39, 0.29) is 18.4 Å². The fraction of sp³-hybridized carbons (Fsp3) is 0.769. The van der Waals surface area contributed by atoms with Gasteiger partial charge >= 0.3 is 0 Å². The average Bonchev–Trinajstić information content (AvgIpc) is 2.73. The van der Waals surface area contributed by atoms with Crippen LogP contribution in [0.2, 0.25) is 0 Å². The molecule has 1 aromatic rings. The third kappa shape index (κ3) is 6.51. The van der Waals surface area contributed by atoms with Crippen molar-refractivity contribution >= 4 is 0 Å². The molecule has 2 aliphatic rings. The zero-order valence-corrected chi connectivity index (χ0v) is 18.5. The summed E-state index contributed by atoms with van der Waals surface area (Å²) in [4.78, 5) is 0. The van der Waals surface area contributed by atoms with E-state index in [4.69, 9.17) is 4.74 Å². The van der Waals surface area contributed by atoms with Crippen LogP contribution < -0.4 is 0 Å². The smallest absolute Gasteiger partial charge is 0.251 e. The van der Waals surface area contributed by atoms with Crippen LogP contribution in [-0.2, 0) is 11.2 Å². The summed E-state index contributed by atoms with van der Waals surface area (Å²) in [5, 5.41) is 0.